The summed E-state index contributed by atoms with van der Waals surface area (Å²) >= 11 is 6.92. The van der Waals surface area contributed by atoms with Crippen LogP contribution in [0.3, 0.4) is 0 Å². The Bertz CT molecular complexity index is 630. The summed E-state index contributed by atoms with van der Waals surface area (Å²) in [5.74, 6) is 1.58. The fraction of sp³-hybridized carbons (Fsp3) is 0.250. The summed E-state index contributed by atoms with van der Waals surface area (Å²) in [5, 5.41) is 0. The first-order valence-electron chi connectivity index (χ1n) is 6.51. The summed E-state index contributed by atoms with van der Waals surface area (Å²) in [7, 11) is 1.65. The van der Waals surface area contributed by atoms with E-state index in [-0.39, 0.29) is 6.04 Å². The minimum Gasteiger partial charge on any atom is -0.496 e. The molecule has 2 aromatic rings. The molecule has 0 saturated heterocycles. The second-order valence-corrected chi connectivity index (χ2v) is 6.55. The molecule has 0 amide bonds. The van der Waals surface area contributed by atoms with Gasteiger partial charge in [-0.15, -0.1) is 0 Å². The van der Waals surface area contributed by atoms with Crippen LogP contribution >= 0.6 is 31.9 Å². The first kappa shape index (κ1) is 16.3. The van der Waals surface area contributed by atoms with Gasteiger partial charge < -0.3 is 15.2 Å². The van der Waals surface area contributed by atoms with Gasteiger partial charge in [-0.3, -0.25) is 0 Å². The van der Waals surface area contributed by atoms with Crippen LogP contribution in [-0.4, -0.2) is 7.11 Å². The van der Waals surface area contributed by atoms with Crippen LogP contribution in [-0.2, 0) is 6.61 Å². The number of ether oxygens (including phenoxy) is 2. The quantitative estimate of drug-likeness (QED) is 0.762. The van der Waals surface area contributed by atoms with E-state index >= 15 is 0 Å². The van der Waals surface area contributed by atoms with Crippen LogP contribution < -0.4 is 15.2 Å². The van der Waals surface area contributed by atoms with Crippen molar-refractivity contribution in [2.75, 3.05) is 7.11 Å². The van der Waals surface area contributed by atoms with E-state index in [1.165, 1.54) is 0 Å². The number of methoxy groups -OCH3 is 1. The highest BCUT2D eigenvalue weighted by atomic mass is 79.9. The number of halogens is 2. The van der Waals surface area contributed by atoms with Crippen LogP contribution in [0.15, 0.2) is 45.3 Å². The summed E-state index contributed by atoms with van der Waals surface area (Å²) in [6, 6.07) is 11.6. The van der Waals surface area contributed by atoms with Crippen molar-refractivity contribution in [2.45, 2.75) is 19.6 Å². The third kappa shape index (κ3) is 4.22. The predicted octanol–water partition coefficient (Wildman–Crippen LogP) is 4.82. The van der Waals surface area contributed by atoms with Crippen molar-refractivity contribution in [3.05, 3.63) is 56.5 Å². The van der Waals surface area contributed by atoms with Gasteiger partial charge in [-0.05, 0) is 37.3 Å². The molecule has 0 unspecified atom stereocenters. The minimum atomic E-state index is -0.0856. The van der Waals surface area contributed by atoms with E-state index < -0.39 is 0 Å². The Hall–Kier alpha value is -1.04. The molecule has 0 radical (unpaired) electrons. The molecule has 0 heterocycles. The normalized spacial score (nSPS) is 12.0. The van der Waals surface area contributed by atoms with E-state index in [2.05, 4.69) is 31.9 Å². The van der Waals surface area contributed by atoms with Crippen molar-refractivity contribution in [3.63, 3.8) is 0 Å². The van der Waals surface area contributed by atoms with Crippen LogP contribution in [0.4, 0.5) is 0 Å². The highest BCUT2D eigenvalue weighted by Gasteiger charge is 2.11. The summed E-state index contributed by atoms with van der Waals surface area (Å²) in [6.07, 6.45) is 0. The monoisotopic (exact) mass is 413 g/mol. The van der Waals surface area contributed by atoms with Gasteiger partial charge in [-0.2, -0.15) is 0 Å². The molecule has 1 atom stereocenters. The molecule has 3 nitrogen and oxygen atoms in total. The first-order valence-corrected chi connectivity index (χ1v) is 8.10. The average Bonchev–Trinajstić information content (AvgIpc) is 2.45. The molecule has 0 bridgehead atoms. The van der Waals surface area contributed by atoms with Crippen molar-refractivity contribution >= 4 is 31.9 Å². The van der Waals surface area contributed by atoms with E-state index in [1.807, 2.05) is 43.3 Å². The summed E-state index contributed by atoms with van der Waals surface area (Å²) < 4.78 is 13.3. The second-order valence-electron chi connectivity index (χ2n) is 4.72. The molecule has 2 N–H and O–H groups in total. The number of benzene rings is 2. The van der Waals surface area contributed by atoms with Crippen molar-refractivity contribution in [1.29, 1.82) is 0 Å². The zero-order valence-corrected chi connectivity index (χ0v) is 15.1. The topological polar surface area (TPSA) is 44.5 Å². The van der Waals surface area contributed by atoms with Gasteiger partial charge in [-0.25, -0.2) is 0 Å². The second kappa shape index (κ2) is 7.29. The lowest BCUT2D eigenvalue weighted by molar-refractivity contribution is 0.292. The van der Waals surface area contributed by atoms with Gasteiger partial charge >= 0.3 is 0 Å². The largest absolute Gasteiger partial charge is 0.496 e. The first-order chi connectivity index (χ1) is 10.0. The lowest BCUT2D eigenvalue weighted by atomic mass is 10.1. The zero-order valence-electron chi connectivity index (χ0n) is 11.9. The molecule has 0 fully saturated rings. The van der Waals surface area contributed by atoms with Crippen LogP contribution in [0, 0.1) is 0 Å². The molecule has 0 saturated carbocycles. The molecule has 2 aromatic carbocycles. The van der Waals surface area contributed by atoms with Gasteiger partial charge in [-0.1, -0.05) is 37.9 Å². The minimum absolute atomic E-state index is 0.0856. The smallest absolute Gasteiger partial charge is 0.125 e. The number of nitrogens with two attached hydrogens (primary N) is 1. The maximum Gasteiger partial charge on any atom is 0.125 e. The molecule has 0 aromatic heterocycles. The van der Waals surface area contributed by atoms with Gasteiger partial charge in [0.25, 0.3) is 0 Å². The molecule has 2 rings (SSSR count). The Morgan fingerprint density at radius 3 is 2.38 bits per heavy atom. The van der Waals surface area contributed by atoms with Crippen molar-refractivity contribution in [1.82, 2.24) is 0 Å². The lowest BCUT2D eigenvalue weighted by Crippen LogP contribution is -2.08. The Balaban J connectivity index is 2.24. The van der Waals surface area contributed by atoms with Gasteiger partial charge in [0.2, 0.25) is 0 Å². The third-order valence-corrected chi connectivity index (χ3v) is 4.08. The molecule has 0 spiro atoms. The molecular weight excluding hydrogens is 398 g/mol. The molecule has 112 valence electrons. The van der Waals surface area contributed by atoms with E-state index in [4.69, 9.17) is 15.2 Å². The van der Waals surface area contributed by atoms with Crippen LogP contribution in [0.1, 0.15) is 24.1 Å². The fourth-order valence-corrected chi connectivity index (χ4v) is 2.77. The molecule has 0 aliphatic rings. The number of hydrogen-bond donors (Lipinski definition) is 1. The lowest BCUT2D eigenvalue weighted by Gasteiger charge is -2.16. The average molecular weight is 415 g/mol. The van der Waals surface area contributed by atoms with Gasteiger partial charge in [0, 0.05) is 26.1 Å². The predicted molar refractivity (Wildman–Crippen MR) is 91.8 cm³/mol. The van der Waals surface area contributed by atoms with E-state index in [0.29, 0.717) is 6.61 Å². The van der Waals surface area contributed by atoms with Crippen LogP contribution in [0.2, 0.25) is 0 Å². The Labute approximate surface area is 141 Å². The molecular formula is C16H17Br2NO2. The maximum absolute atomic E-state index is 5.99. The number of hydrogen-bond acceptors (Lipinski definition) is 3. The highest BCUT2D eigenvalue weighted by molar-refractivity contribution is 9.10. The Morgan fingerprint density at radius 1 is 1.05 bits per heavy atom. The van der Waals surface area contributed by atoms with Crippen molar-refractivity contribution in [2.24, 2.45) is 5.73 Å². The Kier molecular flexibility index (Phi) is 5.67. The standard InChI is InChI=1S/C16H17Br2NO2/c1-10(19)14-5-3-13(18)8-16(14)21-9-11-7-12(17)4-6-15(11)20-2/h3-8,10H,9,19H2,1-2H3/t10-/m1/s1. The fourth-order valence-electron chi connectivity index (χ4n) is 2.02. The molecule has 0 aliphatic heterocycles. The van der Waals surface area contributed by atoms with Gasteiger partial charge in [0.05, 0.1) is 7.11 Å². The van der Waals surface area contributed by atoms with E-state index in [0.717, 1.165) is 31.6 Å². The van der Waals surface area contributed by atoms with Crippen LogP contribution in [0.25, 0.3) is 0 Å². The SMILES string of the molecule is COc1ccc(Br)cc1COc1cc(Br)ccc1[C@@H](C)N. The zero-order chi connectivity index (χ0) is 15.4. The molecule has 5 heteroatoms. The van der Waals surface area contributed by atoms with Crippen LogP contribution in [0.5, 0.6) is 11.5 Å². The summed E-state index contributed by atoms with van der Waals surface area (Å²) in [5.41, 5.74) is 7.94. The maximum atomic E-state index is 5.99. The van der Waals surface area contributed by atoms with Gasteiger partial charge in [0.1, 0.15) is 18.1 Å². The summed E-state index contributed by atoms with van der Waals surface area (Å²) in [6.45, 7) is 2.36. The number of rotatable bonds is 5. The van der Waals surface area contributed by atoms with Gasteiger partial charge in [0.15, 0.2) is 0 Å². The van der Waals surface area contributed by atoms with E-state index in [9.17, 15) is 0 Å². The molecule has 21 heavy (non-hydrogen) atoms. The highest BCUT2D eigenvalue weighted by Crippen LogP contribution is 2.30. The van der Waals surface area contributed by atoms with Crippen molar-refractivity contribution < 1.29 is 9.47 Å². The summed E-state index contributed by atoms with van der Waals surface area (Å²) in [4.78, 5) is 0. The Morgan fingerprint density at radius 2 is 1.71 bits per heavy atom. The molecule has 0 aliphatic carbocycles. The van der Waals surface area contributed by atoms with Crippen molar-refractivity contribution in [3.8, 4) is 11.5 Å². The third-order valence-electron chi connectivity index (χ3n) is 3.09. The van der Waals surface area contributed by atoms with E-state index in [1.54, 1.807) is 7.11 Å².